The van der Waals surface area contributed by atoms with Crippen LogP contribution in [0.1, 0.15) is 10.4 Å². The first-order valence-electron chi connectivity index (χ1n) is 6.01. The highest BCUT2D eigenvalue weighted by atomic mass is 35.5. The number of rotatable bonds is 4. The summed E-state index contributed by atoms with van der Waals surface area (Å²) >= 11 is 17.6. The SMILES string of the molecule is N#C/C(=N\Nc1cc(Cl)c(Cl)c(Cl)c1)C(=O)c1ccccc1. The van der Waals surface area contributed by atoms with Crippen molar-refractivity contribution in [3.8, 4) is 6.07 Å². The lowest BCUT2D eigenvalue weighted by atomic mass is 10.1. The zero-order valence-electron chi connectivity index (χ0n) is 11.0. The number of benzene rings is 2. The number of anilines is 1. The summed E-state index contributed by atoms with van der Waals surface area (Å²) in [6.45, 7) is 0. The molecule has 0 atom stereocenters. The fraction of sp³-hybridized carbons (Fsp3) is 0. The maximum Gasteiger partial charge on any atom is 0.223 e. The monoisotopic (exact) mass is 351 g/mol. The van der Waals surface area contributed by atoms with Crippen molar-refractivity contribution < 1.29 is 4.79 Å². The first-order valence-corrected chi connectivity index (χ1v) is 7.14. The van der Waals surface area contributed by atoms with Crippen LogP contribution in [0.2, 0.25) is 15.1 Å². The molecule has 0 aliphatic carbocycles. The van der Waals surface area contributed by atoms with Gasteiger partial charge < -0.3 is 0 Å². The van der Waals surface area contributed by atoms with Crippen LogP contribution in [0, 0.1) is 11.3 Å². The van der Waals surface area contributed by atoms with E-state index in [1.807, 2.05) is 0 Å². The van der Waals surface area contributed by atoms with Crippen LogP contribution in [0.5, 0.6) is 0 Å². The van der Waals surface area contributed by atoms with Crippen LogP contribution >= 0.6 is 34.8 Å². The molecule has 0 saturated heterocycles. The number of nitriles is 1. The molecule has 0 spiro atoms. The maximum atomic E-state index is 12.1. The van der Waals surface area contributed by atoms with E-state index < -0.39 is 5.78 Å². The molecule has 0 heterocycles. The Labute approximate surface area is 141 Å². The topological polar surface area (TPSA) is 65.2 Å². The summed E-state index contributed by atoms with van der Waals surface area (Å²) in [7, 11) is 0. The van der Waals surface area contributed by atoms with Gasteiger partial charge in [0.25, 0.3) is 0 Å². The Morgan fingerprint density at radius 1 is 1.09 bits per heavy atom. The summed E-state index contributed by atoms with van der Waals surface area (Å²) in [4.78, 5) is 12.1. The number of carbonyl (C=O) groups is 1. The Kier molecular flexibility index (Phi) is 5.40. The van der Waals surface area contributed by atoms with Crippen LogP contribution in [-0.4, -0.2) is 11.5 Å². The molecule has 2 rings (SSSR count). The van der Waals surface area contributed by atoms with Gasteiger partial charge in [-0.25, -0.2) is 0 Å². The number of nitrogens with one attached hydrogen (secondary N) is 1. The molecule has 0 radical (unpaired) electrons. The second-order valence-electron chi connectivity index (χ2n) is 4.13. The number of carbonyl (C=O) groups excluding carboxylic acids is 1. The minimum atomic E-state index is -0.484. The van der Waals surface area contributed by atoms with Gasteiger partial charge in [0, 0.05) is 5.56 Å². The number of hydrogen-bond donors (Lipinski definition) is 1. The van der Waals surface area contributed by atoms with E-state index in [1.54, 1.807) is 36.4 Å². The summed E-state index contributed by atoms with van der Waals surface area (Å²) in [6.07, 6.45) is 0. The average Bonchev–Trinajstić information content (AvgIpc) is 2.53. The largest absolute Gasteiger partial charge is 0.286 e. The lowest BCUT2D eigenvalue weighted by Gasteiger charge is -2.05. The number of Topliss-reactive ketones (excluding diaryl/α,β-unsaturated/α-hetero) is 1. The van der Waals surface area contributed by atoms with Gasteiger partial charge in [-0.3, -0.25) is 10.2 Å². The predicted molar refractivity (Wildman–Crippen MR) is 88.9 cm³/mol. The molecule has 0 fully saturated rings. The third-order valence-corrected chi connectivity index (χ3v) is 3.83. The van der Waals surface area contributed by atoms with Gasteiger partial charge >= 0.3 is 0 Å². The normalized spacial score (nSPS) is 10.9. The predicted octanol–water partition coefficient (Wildman–Crippen LogP) is 4.82. The molecule has 2 aromatic carbocycles. The van der Waals surface area contributed by atoms with E-state index in [9.17, 15) is 4.79 Å². The van der Waals surface area contributed by atoms with E-state index >= 15 is 0 Å². The van der Waals surface area contributed by atoms with E-state index in [1.165, 1.54) is 12.1 Å². The summed E-state index contributed by atoms with van der Waals surface area (Å²) in [6, 6.07) is 13.1. The smallest absolute Gasteiger partial charge is 0.223 e. The van der Waals surface area contributed by atoms with Crippen molar-refractivity contribution in [2.75, 3.05) is 5.43 Å². The third-order valence-electron chi connectivity index (χ3n) is 2.64. The van der Waals surface area contributed by atoms with Crippen LogP contribution in [0.25, 0.3) is 0 Å². The molecule has 0 aromatic heterocycles. The molecule has 0 saturated carbocycles. The zero-order chi connectivity index (χ0) is 16.1. The molecule has 2 aromatic rings. The van der Waals surface area contributed by atoms with E-state index in [0.29, 0.717) is 11.3 Å². The molecule has 7 heteroatoms. The van der Waals surface area contributed by atoms with E-state index in [-0.39, 0.29) is 20.8 Å². The molecule has 4 nitrogen and oxygen atoms in total. The fourth-order valence-corrected chi connectivity index (χ4v) is 2.19. The molecule has 0 bridgehead atoms. The summed E-state index contributed by atoms with van der Waals surface area (Å²) in [5.74, 6) is -0.484. The van der Waals surface area contributed by atoms with E-state index in [0.717, 1.165) is 0 Å². The maximum absolute atomic E-state index is 12.1. The molecule has 0 aliphatic heterocycles. The highest BCUT2D eigenvalue weighted by Gasteiger charge is 2.13. The second kappa shape index (κ2) is 7.28. The van der Waals surface area contributed by atoms with Gasteiger partial charge in [0.05, 0.1) is 20.8 Å². The van der Waals surface area contributed by atoms with Gasteiger partial charge in [0.1, 0.15) is 6.07 Å². The minimum Gasteiger partial charge on any atom is -0.286 e. The standard InChI is InChI=1S/C15H8Cl3N3O/c16-11-6-10(7-12(17)14(11)18)20-21-13(8-19)15(22)9-4-2-1-3-5-9/h1-7,20H/b21-13+. The molecule has 0 unspecified atom stereocenters. The molecular formula is C15H8Cl3N3O. The van der Waals surface area contributed by atoms with Gasteiger partial charge in [0.15, 0.2) is 0 Å². The molecule has 0 aliphatic rings. The van der Waals surface area contributed by atoms with E-state index in [4.69, 9.17) is 40.1 Å². The van der Waals surface area contributed by atoms with Crippen LogP contribution in [0.4, 0.5) is 5.69 Å². The van der Waals surface area contributed by atoms with Crippen LogP contribution < -0.4 is 5.43 Å². The van der Waals surface area contributed by atoms with Crippen molar-refractivity contribution in [3.05, 3.63) is 63.1 Å². The van der Waals surface area contributed by atoms with Gasteiger partial charge in [0.2, 0.25) is 11.5 Å². The first-order chi connectivity index (χ1) is 10.5. The Hall–Kier alpha value is -2.06. The fourth-order valence-electron chi connectivity index (χ4n) is 1.59. The Morgan fingerprint density at radius 3 is 2.23 bits per heavy atom. The summed E-state index contributed by atoms with van der Waals surface area (Å²) < 4.78 is 0. The van der Waals surface area contributed by atoms with Crippen molar-refractivity contribution in [1.29, 1.82) is 5.26 Å². The Bertz CT molecular complexity index is 759. The lowest BCUT2D eigenvalue weighted by Crippen LogP contribution is -2.14. The minimum absolute atomic E-state index is 0.221. The number of hydrazone groups is 1. The second-order valence-corrected chi connectivity index (χ2v) is 5.33. The van der Waals surface area contributed by atoms with Gasteiger partial charge in [-0.1, -0.05) is 65.1 Å². The van der Waals surface area contributed by atoms with Crippen LogP contribution in [-0.2, 0) is 0 Å². The molecular weight excluding hydrogens is 345 g/mol. The number of ketones is 1. The number of nitrogens with zero attached hydrogens (tertiary/aromatic N) is 2. The van der Waals surface area contributed by atoms with Gasteiger partial charge in [-0.15, -0.1) is 0 Å². The summed E-state index contributed by atoms with van der Waals surface area (Å²) in [5.41, 5.74) is 3.07. The molecule has 1 N–H and O–H groups in total. The van der Waals surface area contributed by atoms with E-state index in [2.05, 4.69) is 10.5 Å². The molecule has 110 valence electrons. The highest BCUT2D eigenvalue weighted by Crippen LogP contribution is 2.33. The highest BCUT2D eigenvalue weighted by molar-refractivity contribution is 6.51. The summed E-state index contributed by atoms with van der Waals surface area (Å²) in [5, 5.41) is 13.6. The molecule has 22 heavy (non-hydrogen) atoms. The quantitative estimate of drug-likeness (QED) is 0.371. The van der Waals surface area contributed by atoms with Crippen molar-refractivity contribution in [2.45, 2.75) is 0 Å². The number of hydrogen-bond acceptors (Lipinski definition) is 4. The number of halogens is 3. The Morgan fingerprint density at radius 2 is 1.68 bits per heavy atom. The van der Waals surface area contributed by atoms with Gasteiger partial charge in [-0.05, 0) is 12.1 Å². The molecule has 0 amide bonds. The van der Waals surface area contributed by atoms with Crippen molar-refractivity contribution >= 4 is 52.0 Å². The Balaban J connectivity index is 2.24. The average molecular weight is 353 g/mol. The van der Waals surface area contributed by atoms with Crippen molar-refractivity contribution in [3.63, 3.8) is 0 Å². The van der Waals surface area contributed by atoms with Crippen molar-refractivity contribution in [2.24, 2.45) is 5.10 Å². The first kappa shape index (κ1) is 16.3. The van der Waals surface area contributed by atoms with Gasteiger partial charge in [-0.2, -0.15) is 10.4 Å². The van der Waals surface area contributed by atoms with Crippen molar-refractivity contribution in [1.82, 2.24) is 0 Å². The zero-order valence-corrected chi connectivity index (χ0v) is 13.2. The van der Waals surface area contributed by atoms with Crippen LogP contribution in [0.3, 0.4) is 0 Å². The third kappa shape index (κ3) is 3.77. The lowest BCUT2D eigenvalue weighted by molar-refractivity contribution is 0.106. The van der Waals surface area contributed by atoms with Crippen LogP contribution in [0.15, 0.2) is 47.6 Å².